The van der Waals surface area contributed by atoms with Gasteiger partial charge in [0.2, 0.25) is 0 Å². The van der Waals surface area contributed by atoms with E-state index in [2.05, 4.69) is 48.2 Å². The van der Waals surface area contributed by atoms with Gasteiger partial charge in [-0.25, -0.2) is 0 Å². The van der Waals surface area contributed by atoms with Crippen LogP contribution in [0.1, 0.15) is 58.4 Å². The van der Waals surface area contributed by atoms with Gasteiger partial charge < -0.3 is 10.2 Å². The van der Waals surface area contributed by atoms with Crippen LogP contribution >= 0.6 is 0 Å². The van der Waals surface area contributed by atoms with E-state index in [-0.39, 0.29) is 0 Å². The van der Waals surface area contributed by atoms with E-state index in [0.717, 1.165) is 13.1 Å². The summed E-state index contributed by atoms with van der Waals surface area (Å²) in [5.41, 5.74) is 2.74. The molecule has 1 unspecified atom stereocenters. The summed E-state index contributed by atoms with van der Waals surface area (Å²) in [6.45, 7) is 10.0. The molecule has 2 rings (SSSR count). The highest BCUT2D eigenvalue weighted by Gasteiger charge is 2.21. The maximum Gasteiger partial charge on any atom is 0.0600 e. The van der Waals surface area contributed by atoms with Crippen molar-refractivity contribution in [3.8, 4) is 0 Å². The van der Waals surface area contributed by atoms with Crippen molar-refractivity contribution >= 4 is 5.69 Å². The Morgan fingerprint density at radius 3 is 2.95 bits per heavy atom. The lowest BCUT2D eigenvalue weighted by molar-refractivity contribution is 0.541. The summed E-state index contributed by atoms with van der Waals surface area (Å²) in [5.74, 6) is 0.692. The van der Waals surface area contributed by atoms with Crippen molar-refractivity contribution in [2.24, 2.45) is 5.92 Å². The highest BCUT2D eigenvalue weighted by atomic mass is 15.2. The van der Waals surface area contributed by atoms with Crippen LogP contribution in [0.5, 0.6) is 0 Å². The molecule has 1 fully saturated rings. The van der Waals surface area contributed by atoms with E-state index in [1.54, 1.807) is 0 Å². The minimum Gasteiger partial charge on any atom is -0.367 e. The monoisotopic (exact) mass is 289 g/mol. The lowest BCUT2D eigenvalue weighted by atomic mass is 10.1. The van der Waals surface area contributed by atoms with Gasteiger partial charge in [0.1, 0.15) is 0 Å². The quantitative estimate of drug-likeness (QED) is 0.858. The van der Waals surface area contributed by atoms with Gasteiger partial charge in [-0.05, 0) is 43.4 Å². The van der Waals surface area contributed by atoms with Crippen molar-refractivity contribution in [2.45, 2.75) is 65.5 Å². The Balaban J connectivity index is 2.12. The zero-order valence-corrected chi connectivity index (χ0v) is 13.9. The third kappa shape index (κ3) is 4.70. The molecule has 1 aromatic heterocycles. The van der Waals surface area contributed by atoms with E-state index < -0.39 is 0 Å². The molecule has 0 amide bonds. The normalized spacial score (nSPS) is 19.8. The van der Waals surface area contributed by atoms with Crippen LogP contribution in [0.25, 0.3) is 0 Å². The Hall–Kier alpha value is -1.09. The number of hydrogen-bond acceptors (Lipinski definition) is 3. The molecule has 1 atom stereocenters. The molecule has 1 aliphatic rings. The molecule has 0 spiro atoms. The summed E-state index contributed by atoms with van der Waals surface area (Å²) in [6.07, 6.45) is 10.6. The molecule has 0 aromatic carbocycles. The van der Waals surface area contributed by atoms with Gasteiger partial charge in [0.05, 0.1) is 11.9 Å². The second-order valence-electron chi connectivity index (χ2n) is 6.63. The summed E-state index contributed by atoms with van der Waals surface area (Å²) in [6, 6.07) is 2.86. The number of nitrogens with one attached hydrogen (secondary N) is 1. The van der Waals surface area contributed by atoms with Gasteiger partial charge in [-0.3, -0.25) is 4.98 Å². The second-order valence-corrected chi connectivity index (χ2v) is 6.63. The molecule has 1 aliphatic heterocycles. The van der Waals surface area contributed by atoms with Crippen molar-refractivity contribution in [3.05, 3.63) is 24.0 Å². The molecule has 21 heavy (non-hydrogen) atoms. The molecular formula is C18H31N3. The lowest BCUT2D eigenvalue weighted by Crippen LogP contribution is -2.35. The van der Waals surface area contributed by atoms with Crippen LogP contribution in [0.3, 0.4) is 0 Å². The minimum atomic E-state index is 0.681. The van der Waals surface area contributed by atoms with Gasteiger partial charge in [0.25, 0.3) is 0 Å². The number of nitrogens with zero attached hydrogens (tertiary/aromatic N) is 2. The fourth-order valence-corrected chi connectivity index (χ4v) is 3.24. The maximum atomic E-state index is 4.39. The van der Waals surface area contributed by atoms with Crippen molar-refractivity contribution in [1.82, 2.24) is 10.3 Å². The molecule has 0 bridgehead atoms. The van der Waals surface area contributed by atoms with Crippen LogP contribution in [0.2, 0.25) is 0 Å². The predicted molar refractivity (Wildman–Crippen MR) is 90.7 cm³/mol. The first-order valence-corrected chi connectivity index (χ1v) is 8.62. The fraction of sp³-hybridized carbons (Fsp3) is 0.722. The first-order chi connectivity index (χ1) is 10.2. The van der Waals surface area contributed by atoms with Gasteiger partial charge in [-0.2, -0.15) is 0 Å². The largest absolute Gasteiger partial charge is 0.367 e. The van der Waals surface area contributed by atoms with Crippen molar-refractivity contribution in [2.75, 3.05) is 18.0 Å². The predicted octanol–water partition coefficient (Wildman–Crippen LogP) is 3.99. The Morgan fingerprint density at radius 1 is 1.33 bits per heavy atom. The highest BCUT2D eigenvalue weighted by molar-refractivity contribution is 5.52. The van der Waals surface area contributed by atoms with Gasteiger partial charge in [0, 0.05) is 25.3 Å². The zero-order valence-electron chi connectivity index (χ0n) is 13.9. The standard InChI is InChI=1S/C18H31N3/c1-4-17-8-6-5-7-11-21(17)18-14-19-10-9-16(18)13-20-12-15(2)3/h9-10,14-15,17,20H,4-8,11-13H2,1-3H3. The highest BCUT2D eigenvalue weighted by Crippen LogP contribution is 2.28. The summed E-state index contributed by atoms with van der Waals surface area (Å²) < 4.78 is 0. The van der Waals surface area contributed by atoms with Gasteiger partial charge in [-0.1, -0.05) is 33.6 Å². The van der Waals surface area contributed by atoms with Crippen LogP contribution in [0, 0.1) is 5.92 Å². The minimum absolute atomic E-state index is 0.681. The summed E-state index contributed by atoms with van der Waals surface area (Å²) in [4.78, 5) is 7.01. The summed E-state index contributed by atoms with van der Waals surface area (Å²) >= 11 is 0. The number of hydrogen-bond donors (Lipinski definition) is 1. The smallest absolute Gasteiger partial charge is 0.0600 e. The Morgan fingerprint density at radius 2 is 2.19 bits per heavy atom. The summed E-state index contributed by atoms with van der Waals surface area (Å²) in [7, 11) is 0. The molecule has 3 heteroatoms. The van der Waals surface area contributed by atoms with Gasteiger partial charge in [-0.15, -0.1) is 0 Å². The fourth-order valence-electron chi connectivity index (χ4n) is 3.24. The molecule has 2 heterocycles. The molecule has 0 radical (unpaired) electrons. The number of pyridine rings is 1. The Bertz CT molecular complexity index is 417. The van der Waals surface area contributed by atoms with Crippen molar-refractivity contribution in [1.29, 1.82) is 0 Å². The van der Waals surface area contributed by atoms with Crippen LogP contribution in [-0.2, 0) is 6.54 Å². The Labute approximate surface area is 130 Å². The molecule has 0 aliphatic carbocycles. The van der Waals surface area contributed by atoms with Crippen LogP contribution in [0.4, 0.5) is 5.69 Å². The topological polar surface area (TPSA) is 28.2 Å². The third-order valence-corrected chi connectivity index (χ3v) is 4.41. The third-order valence-electron chi connectivity index (χ3n) is 4.41. The first-order valence-electron chi connectivity index (χ1n) is 8.62. The lowest BCUT2D eigenvalue weighted by Gasteiger charge is -2.33. The number of anilines is 1. The van der Waals surface area contributed by atoms with Gasteiger partial charge >= 0.3 is 0 Å². The molecule has 0 saturated carbocycles. The second kappa shape index (κ2) is 8.38. The molecule has 1 N–H and O–H groups in total. The number of aromatic nitrogens is 1. The summed E-state index contributed by atoms with van der Waals surface area (Å²) in [5, 5.41) is 3.57. The van der Waals surface area contributed by atoms with Crippen LogP contribution in [-0.4, -0.2) is 24.1 Å². The van der Waals surface area contributed by atoms with Gasteiger partial charge in [0.15, 0.2) is 0 Å². The zero-order chi connectivity index (χ0) is 15.1. The van der Waals surface area contributed by atoms with E-state index in [9.17, 15) is 0 Å². The molecular weight excluding hydrogens is 258 g/mol. The SMILES string of the molecule is CCC1CCCCCN1c1cnccc1CNCC(C)C. The van der Waals surface area contributed by atoms with E-state index >= 15 is 0 Å². The van der Waals surface area contributed by atoms with Crippen LogP contribution in [0.15, 0.2) is 18.5 Å². The molecule has 118 valence electrons. The van der Waals surface area contributed by atoms with E-state index in [1.165, 1.54) is 49.9 Å². The van der Waals surface area contributed by atoms with Crippen molar-refractivity contribution < 1.29 is 0 Å². The number of rotatable bonds is 6. The Kier molecular flexibility index (Phi) is 6.50. The van der Waals surface area contributed by atoms with E-state index in [0.29, 0.717) is 12.0 Å². The van der Waals surface area contributed by atoms with E-state index in [4.69, 9.17) is 0 Å². The molecule has 1 aromatic rings. The molecule has 3 nitrogen and oxygen atoms in total. The maximum absolute atomic E-state index is 4.39. The van der Waals surface area contributed by atoms with Crippen molar-refractivity contribution in [3.63, 3.8) is 0 Å². The first kappa shape index (κ1) is 16.3. The average molecular weight is 289 g/mol. The average Bonchev–Trinajstić information content (AvgIpc) is 2.72. The van der Waals surface area contributed by atoms with Crippen LogP contribution < -0.4 is 10.2 Å². The molecule has 1 saturated heterocycles. The van der Waals surface area contributed by atoms with E-state index in [1.807, 2.05) is 6.20 Å².